The van der Waals surface area contributed by atoms with Gasteiger partial charge in [-0.15, -0.1) is 0 Å². The Balaban J connectivity index is 1.77. The van der Waals surface area contributed by atoms with Crippen molar-refractivity contribution >= 4 is 11.7 Å². The summed E-state index contributed by atoms with van der Waals surface area (Å²) in [7, 11) is 1.66. The average Bonchev–Trinajstić information content (AvgIpc) is 3.18. The Kier molecular flexibility index (Phi) is 3.50. The molecule has 0 bridgehead atoms. The lowest BCUT2D eigenvalue weighted by atomic mass is 10.1. The monoisotopic (exact) mass is 309 g/mol. The van der Waals surface area contributed by atoms with Gasteiger partial charge in [-0.1, -0.05) is 18.2 Å². The van der Waals surface area contributed by atoms with Gasteiger partial charge in [0.1, 0.15) is 17.7 Å². The molecule has 0 saturated carbocycles. The van der Waals surface area contributed by atoms with Gasteiger partial charge in [0.2, 0.25) is 5.91 Å². The number of amides is 1. The second-order valence-electron chi connectivity index (χ2n) is 5.94. The summed E-state index contributed by atoms with van der Waals surface area (Å²) in [4.78, 5) is 21.4. The molecule has 0 spiro atoms. The Morgan fingerprint density at radius 3 is 2.70 bits per heavy atom. The highest BCUT2D eigenvalue weighted by atomic mass is 16.5. The van der Waals surface area contributed by atoms with Crippen LogP contribution in [0.3, 0.4) is 0 Å². The van der Waals surface area contributed by atoms with Crippen LogP contribution in [-0.4, -0.2) is 35.5 Å². The first-order valence-electron chi connectivity index (χ1n) is 7.93. The van der Waals surface area contributed by atoms with Crippen LogP contribution in [0.1, 0.15) is 24.6 Å². The van der Waals surface area contributed by atoms with Crippen LogP contribution < -0.4 is 9.64 Å². The summed E-state index contributed by atoms with van der Waals surface area (Å²) >= 11 is 0. The third-order valence-corrected chi connectivity index (χ3v) is 4.69. The molecule has 2 fully saturated rings. The smallest absolute Gasteiger partial charge is 0.247 e. The van der Waals surface area contributed by atoms with Gasteiger partial charge in [0.15, 0.2) is 0 Å². The fourth-order valence-electron chi connectivity index (χ4n) is 3.63. The predicted molar refractivity (Wildman–Crippen MR) is 87.2 cm³/mol. The summed E-state index contributed by atoms with van der Waals surface area (Å²) < 4.78 is 5.24. The molecular weight excluding hydrogens is 290 g/mol. The highest BCUT2D eigenvalue weighted by Gasteiger charge is 2.49. The molecule has 1 amide bonds. The van der Waals surface area contributed by atoms with Gasteiger partial charge in [-0.2, -0.15) is 0 Å². The molecule has 4 rings (SSSR count). The van der Waals surface area contributed by atoms with E-state index < -0.39 is 0 Å². The first-order valence-corrected chi connectivity index (χ1v) is 7.93. The molecule has 2 aromatic rings. The van der Waals surface area contributed by atoms with E-state index in [0.717, 1.165) is 30.7 Å². The summed E-state index contributed by atoms with van der Waals surface area (Å²) in [5.41, 5.74) is 1.09. The van der Waals surface area contributed by atoms with Crippen molar-refractivity contribution in [3.63, 3.8) is 0 Å². The summed E-state index contributed by atoms with van der Waals surface area (Å²) in [6.07, 6.45) is 3.64. The fourth-order valence-corrected chi connectivity index (χ4v) is 3.63. The number of hydrogen-bond acceptors (Lipinski definition) is 4. The van der Waals surface area contributed by atoms with E-state index in [1.807, 2.05) is 47.4 Å². The van der Waals surface area contributed by atoms with Crippen LogP contribution in [0.25, 0.3) is 0 Å². The second kappa shape index (κ2) is 5.66. The number of fused-ring (bicyclic) bond motifs is 1. The number of hydrogen-bond donors (Lipinski definition) is 0. The Labute approximate surface area is 135 Å². The van der Waals surface area contributed by atoms with E-state index in [4.69, 9.17) is 4.74 Å². The van der Waals surface area contributed by atoms with Crippen LogP contribution >= 0.6 is 0 Å². The number of ether oxygens (including phenoxy) is 1. The van der Waals surface area contributed by atoms with Gasteiger partial charge < -0.3 is 4.74 Å². The van der Waals surface area contributed by atoms with Crippen molar-refractivity contribution in [1.29, 1.82) is 0 Å². The van der Waals surface area contributed by atoms with Gasteiger partial charge in [0, 0.05) is 12.7 Å². The van der Waals surface area contributed by atoms with E-state index in [1.165, 1.54) is 0 Å². The minimum absolute atomic E-state index is 0.0240. The number of nitrogens with zero attached hydrogens (tertiary/aromatic N) is 3. The summed E-state index contributed by atoms with van der Waals surface area (Å²) in [6, 6.07) is 13.6. The average molecular weight is 309 g/mol. The number of carbonyl (C=O) groups is 1. The van der Waals surface area contributed by atoms with Crippen LogP contribution in [0.15, 0.2) is 48.7 Å². The Morgan fingerprint density at radius 2 is 2.00 bits per heavy atom. The second-order valence-corrected chi connectivity index (χ2v) is 5.94. The first-order chi connectivity index (χ1) is 11.3. The van der Waals surface area contributed by atoms with E-state index in [2.05, 4.69) is 9.88 Å². The molecule has 118 valence electrons. The molecule has 1 aromatic heterocycles. The van der Waals surface area contributed by atoms with Gasteiger partial charge in [-0.05, 0) is 42.7 Å². The molecule has 0 N–H and O–H groups in total. The number of anilines is 1. The van der Waals surface area contributed by atoms with Crippen molar-refractivity contribution in [2.24, 2.45) is 0 Å². The minimum Gasteiger partial charge on any atom is -0.497 e. The predicted octanol–water partition coefficient (Wildman–Crippen LogP) is 2.60. The van der Waals surface area contributed by atoms with Crippen molar-refractivity contribution in [3.8, 4) is 5.75 Å². The van der Waals surface area contributed by atoms with Gasteiger partial charge in [0.25, 0.3) is 0 Å². The summed E-state index contributed by atoms with van der Waals surface area (Å²) in [6.45, 7) is 0.941. The van der Waals surface area contributed by atoms with Crippen molar-refractivity contribution in [2.45, 2.75) is 25.0 Å². The molecule has 0 aliphatic carbocycles. The zero-order chi connectivity index (χ0) is 15.8. The Hall–Kier alpha value is -2.40. The fraction of sp³-hybridized carbons (Fsp3) is 0.333. The zero-order valence-electron chi connectivity index (χ0n) is 13.1. The molecule has 2 saturated heterocycles. The molecule has 2 unspecified atom stereocenters. The molecule has 2 aliphatic heterocycles. The minimum atomic E-state index is -0.0872. The van der Waals surface area contributed by atoms with E-state index >= 15 is 0 Å². The lowest BCUT2D eigenvalue weighted by Gasteiger charge is -2.29. The Morgan fingerprint density at radius 1 is 1.17 bits per heavy atom. The maximum Gasteiger partial charge on any atom is 0.247 e. The quantitative estimate of drug-likeness (QED) is 0.874. The van der Waals surface area contributed by atoms with Crippen LogP contribution in [0.2, 0.25) is 0 Å². The van der Waals surface area contributed by atoms with Crippen molar-refractivity contribution < 1.29 is 9.53 Å². The molecule has 1 aromatic carbocycles. The summed E-state index contributed by atoms with van der Waals surface area (Å²) in [5, 5.41) is 0. The third-order valence-electron chi connectivity index (χ3n) is 4.69. The SMILES string of the molecule is COc1ccc(C2N(c3ccccn3)C(=O)C3CCCN32)cc1. The number of aromatic nitrogens is 1. The van der Waals surface area contributed by atoms with Gasteiger partial charge in [-0.3, -0.25) is 14.6 Å². The summed E-state index contributed by atoms with van der Waals surface area (Å²) in [5.74, 6) is 1.69. The standard InChI is InChI=1S/C18H19N3O2/c1-23-14-9-7-13(8-10-14)17-20-12-4-5-15(20)18(22)21(17)16-6-2-3-11-19-16/h2-3,6-11,15,17H,4-5,12H2,1H3. The topological polar surface area (TPSA) is 45.7 Å². The lowest BCUT2D eigenvalue weighted by Crippen LogP contribution is -2.32. The molecule has 2 aliphatic rings. The third kappa shape index (κ3) is 2.28. The number of rotatable bonds is 3. The Bertz CT molecular complexity index is 702. The maximum atomic E-state index is 12.9. The first kappa shape index (κ1) is 14.2. The lowest BCUT2D eigenvalue weighted by molar-refractivity contribution is -0.119. The molecule has 3 heterocycles. The largest absolute Gasteiger partial charge is 0.497 e. The van der Waals surface area contributed by atoms with Crippen molar-refractivity contribution in [2.75, 3.05) is 18.6 Å². The highest BCUT2D eigenvalue weighted by Crippen LogP contribution is 2.41. The number of carbonyl (C=O) groups excluding carboxylic acids is 1. The van der Waals surface area contributed by atoms with Gasteiger partial charge in [-0.25, -0.2) is 4.98 Å². The van der Waals surface area contributed by atoms with E-state index in [0.29, 0.717) is 5.82 Å². The molecule has 2 atom stereocenters. The van der Waals surface area contributed by atoms with E-state index in [-0.39, 0.29) is 18.1 Å². The molecular formula is C18H19N3O2. The van der Waals surface area contributed by atoms with Crippen molar-refractivity contribution in [1.82, 2.24) is 9.88 Å². The molecule has 5 nitrogen and oxygen atoms in total. The van der Waals surface area contributed by atoms with E-state index in [9.17, 15) is 4.79 Å². The number of pyridine rings is 1. The molecule has 5 heteroatoms. The molecule has 0 radical (unpaired) electrons. The van der Waals surface area contributed by atoms with Crippen molar-refractivity contribution in [3.05, 3.63) is 54.2 Å². The number of methoxy groups -OCH3 is 1. The number of benzene rings is 1. The normalized spacial score (nSPS) is 24.0. The van der Waals surface area contributed by atoms with Crippen LogP contribution in [0.5, 0.6) is 5.75 Å². The van der Waals surface area contributed by atoms with Crippen LogP contribution in [0, 0.1) is 0 Å². The van der Waals surface area contributed by atoms with Crippen LogP contribution in [-0.2, 0) is 4.79 Å². The maximum absolute atomic E-state index is 12.9. The molecule has 23 heavy (non-hydrogen) atoms. The zero-order valence-corrected chi connectivity index (χ0v) is 13.1. The highest BCUT2D eigenvalue weighted by molar-refractivity contribution is 5.99. The van der Waals surface area contributed by atoms with Gasteiger partial charge in [0.05, 0.1) is 13.2 Å². The van der Waals surface area contributed by atoms with Gasteiger partial charge >= 0.3 is 0 Å². The van der Waals surface area contributed by atoms with E-state index in [1.54, 1.807) is 13.3 Å². The van der Waals surface area contributed by atoms with Crippen LogP contribution in [0.4, 0.5) is 5.82 Å².